The van der Waals surface area contributed by atoms with Crippen molar-refractivity contribution >= 4 is 17.8 Å². The summed E-state index contributed by atoms with van der Waals surface area (Å²) in [5, 5.41) is 10.4. The number of aliphatic carboxylic acids is 1. The van der Waals surface area contributed by atoms with Crippen LogP contribution < -0.4 is 10.5 Å². The van der Waals surface area contributed by atoms with Crippen LogP contribution >= 0.6 is 0 Å². The van der Waals surface area contributed by atoms with Crippen molar-refractivity contribution in [3.8, 4) is 5.75 Å². The van der Waals surface area contributed by atoms with E-state index in [0.717, 1.165) is 55.5 Å². The van der Waals surface area contributed by atoms with E-state index in [2.05, 4.69) is 17.9 Å². The van der Waals surface area contributed by atoms with E-state index in [4.69, 9.17) is 10.5 Å². The highest BCUT2D eigenvalue weighted by Gasteiger charge is 2.47. The molecule has 2 fully saturated rings. The molecule has 9 nitrogen and oxygen atoms in total. The standard InChI is InChI=1S/C28H42N4O5/c1-2-3-12-31(15-11-29)26(34)19-32-18-22(20-8-9-24-21(17-20)10-16-37-24)27(28(35)36)23(32)6-4-13-30-14-5-7-25(30)33/h8-9,17,22-23,27H,2-7,10-16,18-19,29H2,1H3,(H,35,36). The first-order chi connectivity index (χ1) is 17.9. The van der Waals surface area contributed by atoms with E-state index >= 15 is 0 Å². The van der Waals surface area contributed by atoms with Gasteiger partial charge in [-0.25, -0.2) is 0 Å². The zero-order valence-corrected chi connectivity index (χ0v) is 22.1. The number of nitrogens with zero attached hydrogens (tertiary/aromatic N) is 3. The van der Waals surface area contributed by atoms with Crippen molar-refractivity contribution in [1.29, 1.82) is 0 Å². The smallest absolute Gasteiger partial charge is 0.308 e. The number of ether oxygens (including phenoxy) is 1. The van der Waals surface area contributed by atoms with Gasteiger partial charge in [-0.3, -0.25) is 19.3 Å². The molecule has 3 aliphatic rings. The van der Waals surface area contributed by atoms with E-state index < -0.39 is 11.9 Å². The molecule has 1 aromatic carbocycles. The number of hydrogen-bond acceptors (Lipinski definition) is 6. The van der Waals surface area contributed by atoms with Crippen molar-refractivity contribution in [2.45, 2.75) is 63.8 Å². The minimum Gasteiger partial charge on any atom is -0.493 e. The Hall–Kier alpha value is -2.65. The number of benzene rings is 1. The molecule has 0 aromatic heterocycles. The summed E-state index contributed by atoms with van der Waals surface area (Å²) in [5.74, 6) is -0.607. The largest absolute Gasteiger partial charge is 0.493 e. The van der Waals surface area contributed by atoms with E-state index in [1.165, 1.54) is 0 Å². The molecule has 0 saturated carbocycles. The van der Waals surface area contributed by atoms with Crippen LogP contribution in [-0.4, -0.2) is 96.1 Å². The number of carbonyl (C=O) groups excluding carboxylic acids is 2. The number of unbranched alkanes of at least 4 members (excludes halogenated alkanes) is 1. The number of rotatable bonds is 13. The summed E-state index contributed by atoms with van der Waals surface area (Å²) in [5.41, 5.74) is 7.90. The number of carboxylic acid groups (broad SMARTS) is 1. The molecule has 204 valence electrons. The number of nitrogens with two attached hydrogens (primary N) is 1. The Kier molecular flexibility index (Phi) is 9.43. The van der Waals surface area contributed by atoms with Crippen LogP contribution in [0.1, 0.15) is 62.5 Å². The van der Waals surface area contributed by atoms with E-state index in [0.29, 0.717) is 52.2 Å². The SMILES string of the molecule is CCCCN(CCN)C(=O)CN1CC(c2ccc3c(c2)CCO3)C(C(=O)O)C1CCCN1CCCC1=O. The van der Waals surface area contributed by atoms with Gasteiger partial charge in [0, 0.05) is 64.1 Å². The molecule has 0 spiro atoms. The van der Waals surface area contributed by atoms with Gasteiger partial charge in [-0.05, 0) is 42.9 Å². The van der Waals surface area contributed by atoms with Crippen LogP contribution in [0.2, 0.25) is 0 Å². The maximum atomic E-state index is 13.4. The molecule has 4 rings (SSSR count). The minimum absolute atomic E-state index is 0.00534. The monoisotopic (exact) mass is 514 g/mol. The zero-order valence-electron chi connectivity index (χ0n) is 22.1. The minimum atomic E-state index is -0.830. The summed E-state index contributed by atoms with van der Waals surface area (Å²) in [6, 6.07) is 5.75. The fourth-order valence-electron chi connectivity index (χ4n) is 6.20. The highest BCUT2D eigenvalue weighted by molar-refractivity contribution is 5.79. The molecule has 37 heavy (non-hydrogen) atoms. The Morgan fingerprint density at radius 2 is 2.05 bits per heavy atom. The van der Waals surface area contributed by atoms with Crippen molar-refractivity contribution in [1.82, 2.24) is 14.7 Å². The summed E-state index contributed by atoms with van der Waals surface area (Å²) in [6.45, 7) is 6.43. The molecule has 3 heterocycles. The fourth-order valence-corrected chi connectivity index (χ4v) is 6.20. The normalized spacial score (nSPS) is 23.4. The molecule has 3 atom stereocenters. The van der Waals surface area contributed by atoms with E-state index in [9.17, 15) is 19.5 Å². The average molecular weight is 515 g/mol. The molecule has 2 amide bonds. The topological polar surface area (TPSA) is 116 Å². The number of fused-ring (bicyclic) bond motifs is 1. The lowest BCUT2D eigenvalue weighted by Gasteiger charge is -2.30. The third kappa shape index (κ3) is 6.44. The molecule has 0 bridgehead atoms. The Labute approximate surface area is 219 Å². The molecule has 3 aliphatic heterocycles. The van der Waals surface area contributed by atoms with Gasteiger partial charge in [0.05, 0.1) is 19.1 Å². The molecular weight excluding hydrogens is 472 g/mol. The van der Waals surface area contributed by atoms with Crippen molar-refractivity contribution in [3.05, 3.63) is 29.3 Å². The van der Waals surface area contributed by atoms with Gasteiger partial charge in [-0.2, -0.15) is 0 Å². The number of carbonyl (C=O) groups is 3. The second kappa shape index (κ2) is 12.7. The van der Waals surface area contributed by atoms with E-state index in [-0.39, 0.29) is 30.3 Å². The third-order valence-electron chi connectivity index (χ3n) is 8.15. The summed E-state index contributed by atoms with van der Waals surface area (Å²) in [7, 11) is 0. The third-order valence-corrected chi connectivity index (χ3v) is 8.15. The molecule has 0 aliphatic carbocycles. The van der Waals surface area contributed by atoms with Gasteiger partial charge in [0.15, 0.2) is 0 Å². The number of carboxylic acids is 1. The van der Waals surface area contributed by atoms with Crippen LogP contribution in [0.25, 0.3) is 0 Å². The van der Waals surface area contributed by atoms with Crippen LogP contribution in [0.15, 0.2) is 18.2 Å². The summed E-state index contributed by atoms with van der Waals surface area (Å²) in [6.07, 6.45) is 5.56. The zero-order chi connectivity index (χ0) is 26.4. The first kappa shape index (κ1) is 27.4. The second-order valence-corrected chi connectivity index (χ2v) is 10.6. The summed E-state index contributed by atoms with van der Waals surface area (Å²) < 4.78 is 5.66. The van der Waals surface area contributed by atoms with E-state index in [1.54, 1.807) is 0 Å². The van der Waals surface area contributed by atoms with Crippen molar-refractivity contribution in [3.63, 3.8) is 0 Å². The molecular formula is C28H42N4O5. The molecule has 9 heteroatoms. The van der Waals surface area contributed by atoms with E-state index in [1.807, 2.05) is 21.9 Å². The molecule has 2 saturated heterocycles. The first-order valence-corrected chi connectivity index (χ1v) is 13.9. The molecule has 0 radical (unpaired) electrons. The molecule has 3 unspecified atom stereocenters. The number of amides is 2. The highest BCUT2D eigenvalue weighted by atomic mass is 16.5. The van der Waals surface area contributed by atoms with Gasteiger partial charge in [0.2, 0.25) is 11.8 Å². The molecule has 1 aromatic rings. The Morgan fingerprint density at radius 3 is 2.76 bits per heavy atom. The van der Waals surface area contributed by atoms with Gasteiger partial charge in [-0.1, -0.05) is 25.5 Å². The van der Waals surface area contributed by atoms with Gasteiger partial charge in [0.25, 0.3) is 0 Å². The number of hydrogen-bond donors (Lipinski definition) is 2. The van der Waals surface area contributed by atoms with Crippen LogP contribution in [0.5, 0.6) is 5.75 Å². The average Bonchev–Trinajstić information content (AvgIpc) is 3.60. The van der Waals surface area contributed by atoms with Crippen LogP contribution in [0, 0.1) is 5.92 Å². The predicted octanol–water partition coefficient (Wildman–Crippen LogP) is 2.08. The maximum Gasteiger partial charge on any atom is 0.308 e. The Morgan fingerprint density at radius 1 is 1.22 bits per heavy atom. The van der Waals surface area contributed by atoms with Crippen molar-refractivity contribution in [2.75, 3.05) is 52.4 Å². The lowest BCUT2D eigenvalue weighted by molar-refractivity contribution is -0.144. The fraction of sp³-hybridized carbons (Fsp3) is 0.679. The first-order valence-electron chi connectivity index (χ1n) is 13.9. The Bertz CT molecular complexity index is 970. The van der Waals surface area contributed by atoms with Crippen LogP contribution in [0.3, 0.4) is 0 Å². The van der Waals surface area contributed by atoms with Crippen molar-refractivity contribution < 1.29 is 24.2 Å². The quantitative estimate of drug-likeness (QED) is 0.414. The lowest BCUT2D eigenvalue weighted by Crippen LogP contribution is -2.45. The van der Waals surface area contributed by atoms with Crippen LogP contribution in [-0.2, 0) is 20.8 Å². The van der Waals surface area contributed by atoms with Crippen molar-refractivity contribution in [2.24, 2.45) is 11.7 Å². The van der Waals surface area contributed by atoms with Gasteiger partial charge < -0.3 is 25.4 Å². The summed E-state index contributed by atoms with van der Waals surface area (Å²) >= 11 is 0. The summed E-state index contributed by atoms with van der Waals surface area (Å²) in [4.78, 5) is 43.9. The second-order valence-electron chi connectivity index (χ2n) is 10.6. The predicted molar refractivity (Wildman–Crippen MR) is 140 cm³/mol. The van der Waals surface area contributed by atoms with Gasteiger partial charge in [-0.15, -0.1) is 0 Å². The lowest BCUT2D eigenvalue weighted by atomic mass is 9.83. The van der Waals surface area contributed by atoms with Gasteiger partial charge >= 0.3 is 5.97 Å². The number of likely N-dealkylation sites (tertiary alicyclic amines) is 2. The Balaban J connectivity index is 1.54. The highest BCUT2D eigenvalue weighted by Crippen LogP contribution is 2.41. The van der Waals surface area contributed by atoms with Crippen LogP contribution in [0.4, 0.5) is 0 Å². The molecule has 3 N–H and O–H groups in total. The van der Waals surface area contributed by atoms with Gasteiger partial charge in [0.1, 0.15) is 5.75 Å². The maximum absolute atomic E-state index is 13.4.